The summed E-state index contributed by atoms with van der Waals surface area (Å²) in [5, 5.41) is 4.44. The van der Waals surface area contributed by atoms with Gasteiger partial charge >= 0.3 is 5.91 Å². The summed E-state index contributed by atoms with van der Waals surface area (Å²) in [5.74, 6) is 0.417. The molecule has 170 valence electrons. The summed E-state index contributed by atoms with van der Waals surface area (Å²) in [5.41, 5.74) is 9.24. The molecule has 0 spiro atoms. The van der Waals surface area contributed by atoms with Crippen molar-refractivity contribution in [3.8, 4) is 5.75 Å². The zero-order valence-electron chi connectivity index (χ0n) is 18.7. The van der Waals surface area contributed by atoms with E-state index in [1.54, 1.807) is 10.6 Å². The number of amides is 2. The summed E-state index contributed by atoms with van der Waals surface area (Å²) in [7, 11) is 0. The number of fused-ring (bicyclic) bond motifs is 1. The van der Waals surface area contributed by atoms with Gasteiger partial charge in [0.2, 0.25) is 5.91 Å². The summed E-state index contributed by atoms with van der Waals surface area (Å²) in [6, 6.07) is 14.4. The lowest BCUT2D eigenvalue weighted by atomic mass is 10.1. The minimum Gasteiger partial charge on any atom is -0.486 e. The minimum absolute atomic E-state index is 0.0809. The molecule has 1 aromatic carbocycles. The molecule has 0 aliphatic carbocycles. The molecule has 3 aromatic heterocycles. The molecule has 0 aliphatic heterocycles. The molecule has 0 bridgehead atoms. The number of nitrogens with one attached hydrogen (secondary N) is 2. The number of furan rings is 1. The maximum atomic E-state index is 12.3. The van der Waals surface area contributed by atoms with Gasteiger partial charge in [-0.2, -0.15) is 5.10 Å². The second-order valence-corrected chi connectivity index (χ2v) is 7.69. The summed E-state index contributed by atoms with van der Waals surface area (Å²) in [6.45, 7) is 5.98. The van der Waals surface area contributed by atoms with Gasteiger partial charge in [0.1, 0.15) is 18.1 Å². The Balaban J connectivity index is 1.27. The van der Waals surface area contributed by atoms with Crippen LogP contribution in [0.5, 0.6) is 5.75 Å². The molecular formula is C24H25N5O4. The van der Waals surface area contributed by atoms with Crippen molar-refractivity contribution in [3.05, 3.63) is 82.7 Å². The fourth-order valence-corrected chi connectivity index (χ4v) is 3.54. The van der Waals surface area contributed by atoms with Crippen molar-refractivity contribution in [2.75, 3.05) is 0 Å². The highest BCUT2D eigenvalue weighted by Gasteiger charge is 2.15. The molecule has 0 radical (unpaired) electrons. The second-order valence-electron chi connectivity index (χ2n) is 7.69. The molecule has 2 N–H and O–H groups in total. The summed E-state index contributed by atoms with van der Waals surface area (Å²) < 4.78 is 12.9. The van der Waals surface area contributed by atoms with E-state index in [9.17, 15) is 9.59 Å². The molecule has 33 heavy (non-hydrogen) atoms. The van der Waals surface area contributed by atoms with E-state index in [-0.39, 0.29) is 24.7 Å². The van der Waals surface area contributed by atoms with Gasteiger partial charge < -0.3 is 9.15 Å². The Morgan fingerprint density at radius 2 is 1.85 bits per heavy atom. The number of para-hydroxylation sites is 1. The van der Waals surface area contributed by atoms with Crippen molar-refractivity contribution < 1.29 is 18.7 Å². The lowest BCUT2D eigenvalue weighted by molar-refractivity contribution is -0.121. The van der Waals surface area contributed by atoms with E-state index < -0.39 is 5.91 Å². The topological polar surface area (TPSA) is 111 Å². The highest BCUT2D eigenvalue weighted by atomic mass is 16.5. The molecule has 0 aliphatic rings. The molecule has 4 aromatic rings. The van der Waals surface area contributed by atoms with Gasteiger partial charge in [0.15, 0.2) is 11.4 Å². The lowest BCUT2D eigenvalue weighted by Gasteiger charge is -2.11. The number of nitrogens with zero attached hydrogens (tertiary/aromatic N) is 3. The molecule has 2 amide bonds. The smallest absolute Gasteiger partial charge is 0.305 e. The van der Waals surface area contributed by atoms with Crippen LogP contribution in [0, 0.1) is 20.8 Å². The van der Waals surface area contributed by atoms with Crippen LogP contribution in [-0.2, 0) is 17.8 Å². The van der Waals surface area contributed by atoms with E-state index in [4.69, 9.17) is 9.15 Å². The molecule has 9 nitrogen and oxygen atoms in total. The Bertz CT molecular complexity index is 1290. The van der Waals surface area contributed by atoms with Gasteiger partial charge in [-0.3, -0.25) is 20.4 Å². The molecule has 9 heteroatoms. The number of benzene rings is 1. The third-order valence-electron chi connectivity index (χ3n) is 5.21. The third-order valence-corrected chi connectivity index (χ3v) is 5.21. The molecule has 0 atom stereocenters. The van der Waals surface area contributed by atoms with Crippen molar-refractivity contribution in [2.45, 2.75) is 40.2 Å². The van der Waals surface area contributed by atoms with Crippen LogP contribution in [0.15, 0.2) is 52.9 Å². The second kappa shape index (κ2) is 9.56. The highest BCUT2D eigenvalue weighted by Crippen LogP contribution is 2.17. The van der Waals surface area contributed by atoms with Crippen LogP contribution in [0.25, 0.3) is 5.65 Å². The summed E-state index contributed by atoms with van der Waals surface area (Å²) in [6.07, 6.45) is 0.659. The van der Waals surface area contributed by atoms with Crippen LogP contribution in [0.2, 0.25) is 0 Å². The van der Waals surface area contributed by atoms with Gasteiger partial charge in [-0.1, -0.05) is 18.2 Å². The number of carbonyl (C=O) groups is 2. The average molecular weight is 447 g/mol. The van der Waals surface area contributed by atoms with Crippen molar-refractivity contribution >= 4 is 17.5 Å². The molecule has 0 saturated carbocycles. The number of carbonyl (C=O) groups excluding carboxylic acids is 2. The van der Waals surface area contributed by atoms with E-state index in [2.05, 4.69) is 20.9 Å². The first-order valence-electron chi connectivity index (χ1n) is 10.6. The molecule has 0 saturated heterocycles. The van der Waals surface area contributed by atoms with Crippen LogP contribution in [0.1, 0.15) is 45.4 Å². The van der Waals surface area contributed by atoms with Crippen molar-refractivity contribution in [3.63, 3.8) is 0 Å². The first kappa shape index (κ1) is 22.1. The molecule has 4 rings (SSSR count). The fourth-order valence-electron chi connectivity index (χ4n) is 3.54. The first-order valence-corrected chi connectivity index (χ1v) is 10.6. The van der Waals surface area contributed by atoms with E-state index in [0.29, 0.717) is 17.9 Å². The normalized spacial score (nSPS) is 10.9. The zero-order valence-corrected chi connectivity index (χ0v) is 18.7. The van der Waals surface area contributed by atoms with Gasteiger partial charge in [-0.15, -0.1) is 0 Å². The molecule has 0 fully saturated rings. The summed E-state index contributed by atoms with van der Waals surface area (Å²) >= 11 is 0. The van der Waals surface area contributed by atoms with Crippen molar-refractivity contribution in [2.24, 2.45) is 0 Å². The lowest BCUT2D eigenvalue weighted by Crippen LogP contribution is -2.41. The third kappa shape index (κ3) is 5.20. The van der Waals surface area contributed by atoms with Gasteiger partial charge in [0.05, 0.1) is 5.69 Å². The Labute approximate surface area is 190 Å². The number of hydrogen-bond donors (Lipinski definition) is 2. The van der Waals surface area contributed by atoms with Crippen molar-refractivity contribution in [1.29, 1.82) is 0 Å². The van der Waals surface area contributed by atoms with E-state index in [0.717, 1.165) is 28.3 Å². The Hall–Kier alpha value is -4.14. The number of hydrazine groups is 1. The number of ether oxygens (including phenoxy) is 1. The predicted octanol–water partition coefficient (Wildman–Crippen LogP) is 3.22. The van der Waals surface area contributed by atoms with E-state index in [1.807, 2.05) is 57.2 Å². The van der Waals surface area contributed by atoms with Crippen LogP contribution in [0.4, 0.5) is 0 Å². The fraction of sp³-hybridized carbons (Fsp3) is 0.250. The first-order chi connectivity index (χ1) is 15.9. The zero-order chi connectivity index (χ0) is 23.4. The average Bonchev–Trinajstić information content (AvgIpc) is 3.43. The maximum absolute atomic E-state index is 12.3. The standard InChI is InChI=1S/C24H25N5O4/c1-15-13-22-25-16(2)20(17(3)29(22)28-15)10-12-23(30)26-27-24(31)21-11-9-19(33-21)14-32-18-7-5-4-6-8-18/h4-9,11,13H,10,12,14H2,1-3H3,(H,26,30)(H,27,31). The molecule has 3 heterocycles. The van der Waals surface area contributed by atoms with Gasteiger partial charge in [0.25, 0.3) is 0 Å². The molecule has 0 unspecified atom stereocenters. The largest absolute Gasteiger partial charge is 0.486 e. The van der Waals surface area contributed by atoms with Gasteiger partial charge in [-0.25, -0.2) is 9.50 Å². The number of hydrogen-bond acceptors (Lipinski definition) is 6. The van der Waals surface area contributed by atoms with Gasteiger partial charge in [0, 0.05) is 23.9 Å². The van der Waals surface area contributed by atoms with E-state index >= 15 is 0 Å². The minimum atomic E-state index is -0.545. The number of aromatic nitrogens is 3. The molecular weight excluding hydrogens is 422 g/mol. The van der Waals surface area contributed by atoms with Gasteiger partial charge in [-0.05, 0) is 57.0 Å². The maximum Gasteiger partial charge on any atom is 0.305 e. The Kier molecular flexibility index (Phi) is 6.39. The van der Waals surface area contributed by atoms with Crippen LogP contribution in [0.3, 0.4) is 0 Å². The van der Waals surface area contributed by atoms with Crippen molar-refractivity contribution in [1.82, 2.24) is 25.4 Å². The SMILES string of the molecule is Cc1cc2nc(C)c(CCC(=O)NNC(=O)c3ccc(COc4ccccc4)o3)c(C)n2n1. The Morgan fingerprint density at radius 3 is 2.64 bits per heavy atom. The predicted molar refractivity (Wildman–Crippen MR) is 121 cm³/mol. The number of rotatable bonds is 7. The monoisotopic (exact) mass is 447 g/mol. The van der Waals surface area contributed by atoms with E-state index in [1.165, 1.54) is 6.07 Å². The van der Waals surface area contributed by atoms with Crippen LogP contribution >= 0.6 is 0 Å². The highest BCUT2D eigenvalue weighted by molar-refractivity contribution is 5.92. The number of aryl methyl sites for hydroxylation is 3. The van der Waals surface area contributed by atoms with Crippen LogP contribution < -0.4 is 15.6 Å². The quantitative estimate of drug-likeness (QED) is 0.421. The summed E-state index contributed by atoms with van der Waals surface area (Å²) in [4.78, 5) is 29.1. The Morgan fingerprint density at radius 1 is 1.06 bits per heavy atom. The van der Waals surface area contributed by atoms with Crippen LogP contribution in [-0.4, -0.2) is 26.4 Å².